The zero-order valence-electron chi connectivity index (χ0n) is 37.1. The molecule has 1 N–H and O–H groups in total. The van der Waals surface area contributed by atoms with Gasteiger partial charge in [0.25, 0.3) is 0 Å². The van der Waals surface area contributed by atoms with Gasteiger partial charge in [-0.2, -0.15) is 0 Å². The molecule has 0 amide bonds. The van der Waals surface area contributed by atoms with E-state index < -0.39 is 0 Å². The Labute approximate surface area is 348 Å². The van der Waals surface area contributed by atoms with Gasteiger partial charge in [-0.1, -0.05) is 54.0 Å². The van der Waals surface area contributed by atoms with Crippen LogP contribution < -0.4 is 0 Å². The van der Waals surface area contributed by atoms with Gasteiger partial charge in [0.15, 0.2) is 11.6 Å². The summed E-state index contributed by atoms with van der Waals surface area (Å²) >= 11 is 0. The lowest BCUT2D eigenvalue weighted by Gasteiger charge is -2.61. The number of fused-ring (bicyclic) bond motifs is 13. The molecule has 8 nitrogen and oxygen atoms in total. The number of rotatable bonds is 7. The molecule has 18 atom stereocenters. The van der Waals surface area contributed by atoms with E-state index in [1.807, 2.05) is 12.2 Å². The van der Waals surface area contributed by atoms with Crippen LogP contribution >= 0.6 is 0 Å². The number of aliphatic hydroxyl groups excluding tert-OH is 1. The van der Waals surface area contributed by atoms with Crippen LogP contribution in [0.25, 0.3) is 0 Å². The number of ether oxygens (including phenoxy) is 3. The van der Waals surface area contributed by atoms with Gasteiger partial charge in [-0.25, -0.2) is 0 Å². The van der Waals surface area contributed by atoms with Crippen molar-refractivity contribution < 1.29 is 38.5 Å². The number of epoxide rings is 1. The highest BCUT2D eigenvalue weighted by Gasteiger charge is 2.69. The molecular weight excluding hydrogens is 729 g/mol. The molecule has 9 rings (SSSR count). The van der Waals surface area contributed by atoms with Crippen molar-refractivity contribution in [3.8, 4) is 0 Å². The monoisotopic (exact) mass is 803 g/mol. The highest BCUT2D eigenvalue weighted by atomic mass is 16.6. The minimum absolute atomic E-state index is 0.0568. The third kappa shape index (κ3) is 6.65. The first-order valence-electron chi connectivity index (χ1n) is 23.5. The van der Waals surface area contributed by atoms with Crippen LogP contribution in [0.4, 0.5) is 0 Å². The van der Waals surface area contributed by atoms with Gasteiger partial charge < -0.3 is 19.3 Å². The van der Waals surface area contributed by atoms with Gasteiger partial charge in [0.2, 0.25) is 0 Å². The average Bonchev–Trinajstić information content (AvgIpc) is 3.77. The molecule has 58 heavy (non-hydrogen) atoms. The van der Waals surface area contributed by atoms with Gasteiger partial charge in [-0.15, -0.1) is 0 Å². The summed E-state index contributed by atoms with van der Waals surface area (Å²) in [6.45, 7) is 20.4. The molecule has 1 saturated heterocycles. The summed E-state index contributed by atoms with van der Waals surface area (Å²) in [4.78, 5) is 47.0. The third-order valence-corrected chi connectivity index (χ3v) is 19.5. The maximum absolute atomic E-state index is 12.3. The van der Waals surface area contributed by atoms with E-state index in [9.17, 15) is 24.3 Å². The Morgan fingerprint density at radius 1 is 0.707 bits per heavy atom. The molecule has 1 aliphatic heterocycles. The molecule has 8 heteroatoms. The second-order valence-corrected chi connectivity index (χ2v) is 22.1. The Balaban J connectivity index is 0.000000162. The van der Waals surface area contributed by atoms with E-state index in [1.165, 1.54) is 57.1 Å². The number of aliphatic hydroxyl groups is 1. The van der Waals surface area contributed by atoms with Crippen molar-refractivity contribution in [3.05, 3.63) is 23.3 Å². The Morgan fingerprint density at radius 2 is 1.17 bits per heavy atom. The standard InChI is InChI=1S/C26H40O4.C24H34O4/c1-6-18-22-13-17(28)9-11-26(22,5)21-10-12-25(4)19(15(2)14-30-16(3)27)7-8-20(25)23(21)24(18)29;1-13(12-27-14(2)25)16-5-6-17-20-18(8-10-23(16,17)3)24(4)9-7-15(26)11-19(24)21-22(20)28-21/h13,15,18-21,23-24,29H,6-12,14H2,1-5H3;11,13,16-18,20-22H,5-10,12H2,1-4H3/t15-,18-,19-,20?,21?,23?,24+,25-,26-;13-,16-,17?,18?,20?,21+,22-,23-,24-/m11/s1. The number of esters is 2. The van der Waals surface area contributed by atoms with E-state index in [2.05, 4.69) is 48.5 Å². The number of hydrogen-bond acceptors (Lipinski definition) is 8. The minimum atomic E-state index is -0.350. The molecule has 0 radical (unpaired) electrons. The summed E-state index contributed by atoms with van der Waals surface area (Å²) in [5.41, 5.74) is 3.29. The molecule has 1 heterocycles. The van der Waals surface area contributed by atoms with Crippen molar-refractivity contribution in [2.45, 2.75) is 164 Å². The minimum Gasteiger partial charge on any atom is -0.466 e. The molecule has 7 fully saturated rings. The lowest BCUT2D eigenvalue weighted by atomic mass is 9.43. The van der Waals surface area contributed by atoms with Crippen LogP contribution in [0.1, 0.15) is 146 Å². The number of carbonyl (C=O) groups excluding carboxylic acids is 4. The second kappa shape index (κ2) is 15.2. The molecule has 0 aromatic carbocycles. The predicted molar refractivity (Wildman–Crippen MR) is 222 cm³/mol. The van der Waals surface area contributed by atoms with E-state index in [0.717, 1.165) is 38.5 Å². The van der Waals surface area contributed by atoms with Crippen LogP contribution in [-0.2, 0) is 33.4 Å². The highest BCUT2D eigenvalue weighted by Crippen LogP contribution is 2.71. The van der Waals surface area contributed by atoms with E-state index in [1.54, 1.807) is 0 Å². The average molecular weight is 803 g/mol. The van der Waals surface area contributed by atoms with Crippen molar-refractivity contribution in [2.75, 3.05) is 13.2 Å². The molecule has 0 aromatic heterocycles. The molecule has 322 valence electrons. The quantitative estimate of drug-likeness (QED) is 0.200. The number of ketones is 2. The fourth-order valence-electron chi connectivity index (χ4n) is 16.7. The van der Waals surface area contributed by atoms with Crippen LogP contribution in [0.5, 0.6) is 0 Å². The Bertz CT molecular complexity index is 1730. The molecule has 0 aromatic rings. The topological polar surface area (TPSA) is 120 Å². The number of carbonyl (C=O) groups is 4. The first-order valence-corrected chi connectivity index (χ1v) is 23.5. The lowest BCUT2D eigenvalue weighted by molar-refractivity contribution is -0.146. The SMILES string of the molecule is CC(=O)OC[C@@H](C)[C@H]1CCC2C3C(CC[C@@]21C)[C@@]1(C)CCC(=O)C=C1[C@@H]1O[C@H]31.CC[C@@H]1C2=CC(=O)CC[C@]2(C)C2CC[C@@]3(C)C(CC[C@@H]3[C@H](C)COC(C)=O)C2[C@H]1O. The van der Waals surface area contributed by atoms with Gasteiger partial charge in [0.05, 0.1) is 25.4 Å². The molecule has 6 unspecified atom stereocenters. The van der Waals surface area contributed by atoms with E-state index >= 15 is 0 Å². The summed E-state index contributed by atoms with van der Waals surface area (Å²) in [6, 6.07) is 0. The van der Waals surface area contributed by atoms with Gasteiger partial charge in [0.1, 0.15) is 6.10 Å². The number of hydrogen-bond donors (Lipinski definition) is 1. The zero-order chi connectivity index (χ0) is 41.7. The van der Waals surface area contributed by atoms with Crippen LogP contribution in [0, 0.1) is 86.8 Å². The Hall–Kier alpha value is -2.32. The second-order valence-electron chi connectivity index (χ2n) is 22.1. The summed E-state index contributed by atoms with van der Waals surface area (Å²) in [7, 11) is 0. The smallest absolute Gasteiger partial charge is 0.302 e. The molecular formula is C50H74O8. The zero-order valence-corrected chi connectivity index (χ0v) is 37.1. The summed E-state index contributed by atoms with van der Waals surface area (Å²) in [6.07, 6.45) is 17.9. The van der Waals surface area contributed by atoms with Crippen molar-refractivity contribution in [3.63, 3.8) is 0 Å². The third-order valence-electron chi connectivity index (χ3n) is 19.5. The highest BCUT2D eigenvalue weighted by molar-refractivity contribution is 5.92. The van der Waals surface area contributed by atoms with E-state index in [-0.39, 0.29) is 52.1 Å². The maximum atomic E-state index is 12.3. The van der Waals surface area contributed by atoms with Crippen LogP contribution in [0.3, 0.4) is 0 Å². The molecule has 0 bridgehead atoms. The molecule has 9 aliphatic rings. The van der Waals surface area contributed by atoms with E-state index in [0.29, 0.717) is 103 Å². The summed E-state index contributed by atoms with van der Waals surface area (Å²) in [5, 5.41) is 11.6. The van der Waals surface area contributed by atoms with Crippen LogP contribution in [0.2, 0.25) is 0 Å². The Morgan fingerprint density at radius 3 is 1.67 bits per heavy atom. The largest absolute Gasteiger partial charge is 0.466 e. The van der Waals surface area contributed by atoms with Crippen molar-refractivity contribution in [1.29, 1.82) is 0 Å². The van der Waals surface area contributed by atoms with Gasteiger partial charge in [-0.3, -0.25) is 19.2 Å². The maximum Gasteiger partial charge on any atom is 0.302 e. The fraction of sp³-hybridized carbons (Fsp3) is 0.840. The first kappa shape index (κ1) is 42.4. The summed E-state index contributed by atoms with van der Waals surface area (Å²) < 4.78 is 17.0. The normalized spacial score (nSPS) is 48.0. The van der Waals surface area contributed by atoms with Crippen molar-refractivity contribution >= 4 is 23.5 Å². The Kier molecular flexibility index (Phi) is 11.1. The molecule has 0 spiro atoms. The van der Waals surface area contributed by atoms with E-state index in [4.69, 9.17) is 14.2 Å². The first-order chi connectivity index (χ1) is 27.4. The van der Waals surface area contributed by atoms with Crippen LogP contribution in [0.15, 0.2) is 23.3 Å². The molecule has 8 aliphatic carbocycles. The van der Waals surface area contributed by atoms with Gasteiger partial charge in [-0.05, 0) is 169 Å². The van der Waals surface area contributed by atoms with Crippen molar-refractivity contribution in [2.24, 2.45) is 86.8 Å². The predicted octanol–water partition coefficient (Wildman–Crippen LogP) is 9.26. The fourth-order valence-corrected chi connectivity index (χ4v) is 16.7. The van der Waals surface area contributed by atoms with Gasteiger partial charge >= 0.3 is 11.9 Å². The lowest BCUT2D eigenvalue weighted by Crippen LogP contribution is -2.58. The summed E-state index contributed by atoms with van der Waals surface area (Å²) in [5.74, 6) is 5.47. The van der Waals surface area contributed by atoms with Crippen LogP contribution in [-0.4, -0.2) is 60.1 Å². The van der Waals surface area contributed by atoms with Gasteiger partial charge in [0, 0.05) is 32.6 Å². The van der Waals surface area contributed by atoms with Crippen molar-refractivity contribution in [1.82, 2.24) is 0 Å². The molecule has 6 saturated carbocycles.